The van der Waals surface area contributed by atoms with E-state index < -0.39 is 0 Å². The number of nitrogens with zero attached hydrogens (tertiary/aromatic N) is 3. The number of ether oxygens (including phenoxy) is 1. The third-order valence-corrected chi connectivity index (χ3v) is 5.79. The number of anilines is 1. The number of amides is 2. The molecule has 1 aromatic heterocycles. The number of halogens is 1. The molecule has 3 aromatic rings. The number of methoxy groups -OCH3 is 1. The Hall–Kier alpha value is -3.16. The molecule has 1 saturated carbocycles. The molecular formula is C25H27ClN4O3. The molecule has 0 radical (unpaired) electrons. The van der Waals surface area contributed by atoms with Gasteiger partial charge in [-0.05, 0) is 49.9 Å². The van der Waals surface area contributed by atoms with E-state index in [1.54, 1.807) is 17.0 Å². The Bertz CT molecular complexity index is 1120. The molecule has 1 aliphatic carbocycles. The molecule has 0 unspecified atom stereocenters. The first kappa shape index (κ1) is 23.0. The summed E-state index contributed by atoms with van der Waals surface area (Å²) in [6.07, 6.45) is 4.04. The van der Waals surface area contributed by atoms with E-state index in [0.29, 0.717) is 29.1 Å². The van der Waals surface area contributed by atoms with Crippen molar-refractivity contribution in [2.24, 2.45) is 5.92 Å². The Morgan fingerprint density at radius 1 is 1.15 bits per heavy atom. The number of carbonyl (C=O) groups excluding carboxylic acids is 2. The molecule has 4 rings (SSSR count). The van der Waals surface area contributed by atoms with Gasteiger partial charge in [-0.15, -0.1) is 0 Å². The van der Waals surface area contributed by atoms with Crippen molar-refractivity contribution in [3.05, 3.63) is 65.3 Å². The largest absolute Gasteiger partial charge is 0.375 e. The second-order valence-corrected chi connectivity index (χ2v) is 8.80. The quantitative estimate of drug-likeness (QED) is 0.509. The molecule has 0 bridgehead atoms. The van der Waals surface area contributed by atoms with Crippen molar-refractivity contribution >= 4 is 29.4 Å². The Kier molecular flexibility index (Phi) is 7.11. The average Bonchev–Trinajstić information content (AvgIpc) is 3.52. The minimum absolute atomic E-state index is 0.0429. The molecule has 0 spiro atoms. The monoisotopic (exact) mass is 466 g/mol. The normalized spacial score (nSPS) is 13.1. The molecule has 33 heavy (non-hydrogen) atoms. The molecule has 1 N–H and O–H groups in total. The maximum Gasteiger partial charge on any atom is 0.249 e. The first-order valence-corrected chi connectivity index (χ1v) is 11.3. The fourth-order valence-corrected chi connectivity index (χ4v) is 3.68. The molecule has 1 heterocycles. The second kappa shape index (κ2) is 10.2. The highest BCUT2D eigenvalue weighted by atomic mass is 35.5. The predicted octanol–water partition coefficient (Wildman–Crippen LogP) is 4.32. The summed E-state index contributed by atoms with van der Waals surface area (Å²) in [4.78, 5) is 31.6. The number of rotatable bonds is 9. The van der Waals surface area contributed by atoms with Gasteiger partial charge in [0.05, 0.1) is 5.69 Å². The lowest BCUT2D eigenvalue weighted by Crippen LogP contribution is -2.41. The maximum atomic E-state index is 12.9. The van der Waals surface area contributed by atoms with Gasteiger partial charge in [0.1, 0.15) is 13.2 Å². The van der Waals surface area contributed by atoms with Crippen LogP contribution in [0.5, 0.6) is 0 Å². The van der Waals surface area contributed by atoms with Crippen LogP contribution in [0.25, 0.3) is 16.9 Å². The van der Waals surface area contributed by atoms with E-state index in [-0.39, 0.29) is 25.0 Å². The molecule has 2 aromatic carbocycles. The van der Waals surface area contributed by atoms with E-state index in [4.69, 9.17) is 16.3 Å². The van der Waals surface area contributed by atoms with Crippen molar-refractivity contribution in [3.63, 3.8) is 0 Å². The van der Waals surface area contributed by atoms with Crippen LogP contribution in [-0.2, 0) is 14.3 Å². The molecule has 8 heteroatoms. The highest BCUT2D eigenvalue weighted by Crippen LogP contribution is 2.30. The van der Waals surface area contributed by atoms with Crippen LogP contribution < -0.4 is 5.32 Å². The summed E-state index contributed by atoms with van der Waals surface area (Å²) in [7, 11) is 1.48. The van der Waals surface area contributed by atoms with Gasteiger partial charge in [-0.3, -0.25) is 19.5 Å². The number of aromatic nitrogens is 2. The molecule has 1 fully saturated rings. The van der Waals surface area contributed by atoms with Crippen molar-refractivity contribution in [2.45, 2.75) is 19.8 Å². The van der Waals surface area contributed by atoms with Crippen LogP contribution >= 0.6 is 11.6 Å². The second-order valence-electron chi connectivity index (χ2n) is 8.36. The summed E-state index contributed by atoms with van der Waals surface area (Å²) in [5.74, 6) is 0.356. The zero-order valence-electron chi connectivity index (χ0n) is 18.8. The van der Waals surface area contributed by atoms with Gasteiger partial charge in [-0.25, -0.2) is 4.98 Å². The summed E-state index contributed by atoms with van der Waals surface area (Å²) >= 11 is 6.03. The first-order chi connectivity index (χ1) is 15.9. The van der Waals surface area contributed by atoms with Crippen molar-refractivity contribution in [3.8, 4) is 16.9 Å². The van der Waals surface area contributed by atoms with Gasteiger partial charge in [-0.1, -0.05) is 41.4 Å². The third kappa shape index (κ3) is 6.00. The molecule has 0 saturated heterocycles. The molecular weight excluding hydrogens is 440 g/mol. The molecule has 2 amide bonds. The number of hydrogen-bond donors (Lipinski definition) is 1. The van der Waals surface area contributed by atoms with Gasteiger partial charge in [0.25, 0.3) is 0 Å². The minimum Gasteiger partial charge on any atom is -0.375 e. The highest BCUT2D eigenvalue weighted by molar-refractivity contribution is 6.30. The van der Waals surface area contributed by atoms with Gasteiger partial charge in [0.2, 0.25) is 17.8 Å². The van der Waals surface area contributed by atoms with Crippen LogP contribution in [0.3, 0.4) is 0 Å². The van der Waals surface area contributed by atoms with Crippen LogP contribution in [-0.4, -0.2) is 53.1 Å². The number of imidazole rings is 1. The third-order valence-electron chi connectivity index (χ3n) is 5.54. The van der Waals surface area contributed by atoms with Gasteiger partial charge in [0, 0.05) is 36.1 Å². The van der Waals surface area contributed by atoms with Crippen LogP contribution in [0.2, 0.25) is 5.02 Å². The summed E-state index contributed by atoms with van der Waals surface area (Å²) < 4.78 is 6.82. The van der Waals surface area contributed by atoms with Crippen molar-refractivity contribution in [1.82, 2.24) is 14.5 Å². The zero-order chi connectivity index (χ0) is 23.4. The number of hydrogen-bond acceptors (Lipinski definition) is 4. The van der Waals surface area contributed by atoms with Gasteiger partial charge >= 0.3 is 0 Å². The van der Waals surface area contributed by atoms with E-state index in [1.807, 2.05) is 54.1 Å². The van der Waals surface area contributed by atoms with E-state index in [9.17, 15) is 9.59 Å². The molecule has 7 nitrogen and oxygen atoms in total. The number of benzene rings is 2. The fourth-order valence-electron chi connectivity index (χ4n) is 3.55. The molecule has 1 aliphatic rings. The van der Waals surface area contributed by atoms with E-state index in [2.05, 4.69) is 10.3 Å². The van der Waals surface area contributed by atoms with E-state index in [0.717, 1.165) is 29.7 Å². The van der Waals surface area contributed by atoms with Crippen molar-refractivity contribution < 1.29 is 14.3 Å². The summed E-state index contributed by atoms with van der Waals surface area (Å²) in [5, 5.41) is 3.54. The molecule has 0 aliphatic heterocycles. The van der Waals surface area contributed by atoms with Crippen LogP contribution in [0, 0.1) is 12.8 Å². The topological polar surface area (TPSA) is 76.5 Å². The first-order valence-electron chi connectivity index (χ1n) is 10.9. The summed E-state index contributed by atoms with van der Waals surface area (Å²) in [6, 6.07) is 15.3. The molecule has 172 valence electrons. The van der Waals surface area contributed by atoms with E-state index in [1.165, 1.54) is 7.11 Å². The van der Waals surface area contributed by atoms with Crippen LogP contribution in [0.4, 0.5) is 5.95 Å². The van der Waals surface area contributed by atoms with Crippen molar-refractivity contribution in [1.29, 1.82) is 0 Å². The van der Waals surface area contributed by atoms with Crippen LogP contribution in [0.1, 0.15) is 18.4 Å². The Labute approximate surface area is 198 Å². The Morgan fingerprint density at radius 2 is 1.85 bits per heavy atom. The van der Waals surface area contributed by atoms with E-state index >= 15 is 0 Å². The summed E-state index contributed by atoms with van der Waals surface area (Å²) in [5.41, 5.74) is 3.59. The van der Waals surface area contributed by atoms with Gasteiger partial charge in [0.15, 0.2) is 0 Å². The molecule has 0 atom stereocenters. The predicted molar refractivity (Wildman–Crippen MR) is 129 cm³/mol. The lowest BCUT2D eigenvalue weighted by atomic mass is 10.2. The van der Waals surface area contributed by atoms with Crippen molar-refractivity contribution in [2.75, 3.05) is 32.1 Å². The average molecular weight is 467 g/mol. The number of carbonyl (C=O) groups is 2. The number of nitrogens with one attached hydrogen (secondary N) is 1. The zero-order valence-corrected chi connectivity index (χ0v) is 19.5. The summed E-state index contributed by atoms with van der Waals surface area (Å²) in [6.45, 7) is 2.50. The smallest absolute Gasteiger partial charge is 0.249 e. The number of aryl methyl sites for hydroxylation is 1. The minimum atomic E-state index is -0.304. The maximum absolute atomic E-state index is 12.9. The van der Waals surface area contributed by atoms with Crippen LogP contribution in [0.15, 0.2) is 54.7 Å². The van der Waals surface area contributed by atoms with Gasteiger partial charge in [-0.2, -0.15) is 0 Å². The lowest BCUT2D eigenvalue weighted by molar-refractivity contribution is -0.138. The fraction of sp³-hybridized carbons (Fsp3) is 0.320. The highest BCUT2D eigenvalue weighted by Gasteiger charge is 2.28. The Morgan fingerprint density at radius 3 is 2.48 bits per heavy atom. The Balaban J connectivity index is 1.59. The standard InChI is InChI=1S/C25H27ClN4O3/c1-17-3-11-21(12-4-17)30-14-22(19-7-9-20(26)10-8-19)27-25(30)28-23(31)15-29(13-18-5-6-18)24(32)16-33-2/h3-4,7-12,14,18H,5-6,13,15-16H2,1-2H3,(H,27,28,31). The van der Waals surface area contributed by atoms with Gasteiger partial charge < -0.3 is 9.64 Å². The lowest BCUT2D eigenvalue weighted by Gasteiger charge is -2.21. The SMILES string of the molecule is COCC(=O)N(CC(=O)Nc1nc(-c2ccc(Cl)cc2)cn1-c1ccc(C)cc1)CC1CC1.